The third kappa shape index (κ3) is 4.13. The number of nitrogens with one attached hydrogen (secondary N) is 2. The summed E-state index contributed by atoms with van der Waals surface area (Å²) in [6.07, 6.45) is 1.67. The van der Waals surface area contributed by atoms with E-state index in [-0.39, 0.29) is 0 Å². The molecule has 0 fully saturated rings. The average molecular weight is 388 g/mol. The fourth-order valence-electron chi connectivity index (χ4n) is 3.13. The number of benzene rings is 2. The smallest absolute Gasteiger partial charge is 0.226 e. The second kappa shape index (κ2) is 8.18. The van der Waals surface area contributed by atoms with Gasteiger partial charge in [-0.2, -0.15) is 0 Å². The van der Waals surface area contributed by atoms with Gasteiger partial charge >= 0.3 is 0 Å². The summed E-state index contributed by atoms with van der Waals surface area (Å²) in [5.41, 5.74) is 5.08. The Morgan fingerprint density at radius 2 is 1.79 bits per heavy atom. The zero-order chi connectivity index (χ0) is 20.2. The minimum atomic E-state index is 0.511. The lowest BCUT2D eigenvalue weighted by Crippen LogP contribution is -2.37. The molecule has 7 nitrogen and oxygen atoms in total. The van der Waals surface area contributed by atoms with Crippen LogP contribution in [0.25, 0.3) is 22.5 Å². The number of imidazole rings is 1. The van der Waals surface area contributed by atoms with Crippen molar-refractivity contribution < 1.29 is 4.42 Å². The van der Waals surface area contributed by atoms with Crippen LogP contribution in [-0.2, 0) is 20.1 Å². The standard InChI is InChI=1S/C22H24N6O/c1-15-8-10-16(11-9-15)21-26-17(14-29-21)12-24-22(23-2)25-13-20-27-18-6-4-5-7-19(18)28(20)3/h4-11,14H,12-13H2,1-3H3,(H2,23,24,25). The van der Waals surface area contributed by atoms with Crippen LogP contribution in [0, 0.1) is 6.92 Å². The van der Waals surface area contributed by atoms with Crippen LogP contribution >= 0.6 is 0 Å². The molecule has 0 spiro atoms. The lowest BCUT2D eigenvalue weighted by molar-refractivity contribution is 0.572. The molecule has 0 amide bonds. The quantitative estimate of drug-likeness (QED) is 0.405. The maximum Gasteiger partial charge on any atom is 0.226 e. The van der Waals surface area contributed by atoms with Crippen molar-refractivity contribution in [2.75, 3.05) is 7.05 Å². The third-order valence-electron chi connectivity index (χ3n) is 4.80. The molecule has 7 heteroatoms. The van der Waals surface area contributed by atoms with Crippen molar-refractivity contribution in [1.82, 2.24) is 25.2 Å². The minimum Gasteiger partial charge on any atom is -0.444 e. The van der Waals surface area contributed by atoms with Crippen molar-refractivity contribution >= 4 is 17.0 Å². The van der Waals surface area contributed by atoms with Gasteiger partial charge in [0.1, 0.15) is 12.1 Å². The van der Waals surface area contributed by atoms with Gasteiger partial charge < -0.3 is 19.6 Å². The second-order valence-electron chi connectivity index (χ2n) is 6.87. The topological polar surface area (TPSA) is 80.3 Å². The molecule has 0 bridgehead atoms. The van der Waals surface area contributed by atoms with Gasteiger partial charge in [0.05, 0.1) is 29.8 Å². The number of fused-ring (bicyclic) bond motifs is 1. The van der Waals surface area contributed by atoms with Crippen LogP contribution < -0.4 is 10.6 Å². The molecule has 0 aliphatic rings. The summed E-state index contributed by atoms with van der Waals surface area (Å²) in [6, 6.07) is 16.2. The van der Waals surface area contributed by atoms with Crippen molar-refractivity contribution in [2.45, 2.75) is 20.0 Å². The molecule has 0 saturated carbocycles. The second-order valence-corrected chi connectivity index (χ2v) is 6.87. The Morgan fingerprint density at radius 3 is 2.55 bits per heavy atom. The molecule has 0 unspecified atom stereocenters. The van der Waals surface area contributed by atoms with Gasteiger partial charge in [-0.25, -0.2) is 9.97 Å². The first-order valence-corrected chi connectivity index (χ1v) is 9.50. The van der Waals surface area contributed by atoms with Crippen molar-refractivity contribution in [3.05, 3.63) is 71.9 Å². The number of guanidine groups is 1. The first-order chi connectivity index (χ1) is 14.1. The average Bonchev–Trinajstić information content (AvgIpc) is 3.34. The number of para-hydroxylation sites is 2. The lowest BCUT2D eigenvalue weighted by Gasteiger charge is -2.10. The maximum absolute atomic E-state index is 5.61. The first kappa shape index (κ1) is 18.7. The summed E-state index contributed by atoms with van der Waals surface area (Å²) < 4.78 is 7.69. The van der Waals surface area contributed by atoms with E-state index in [4.69, 9.17) is 4.42 Å². The van der Waals surface area contributed by atoms with Crippen molar-refractivity contribution in [1.29, 1.82) is 0 Å². The van der Waals surface area contributed by atoms with Gasteiger partial charge in [0.2, 0.25) is 5.89 Å². The first-order valence-electron chi connectivity index (χ1n) is 9.50. The number of hydrogen-bond acceptors (Lipinski definition) is 4. The Bertz CT molecular complexity index is 1140. The van der Waals surface area contributed by atoms with Crippen LogP contribution in [0.3, 0.4) is 0 Å². The van der Waals surface area contributed by atoms with Crippen LogP contribution in [0.15, 0.2) is 64.2 Å². The molecular formula is C22H24N6O. The highest BCUT2D eigenvalue weighted by Crippen LogP contribution is 2.19. The highest BCUT2D eigenvalue weighted by atomic mass is 16.3. The molecule has 0 radical (unpaired) electrons. The van der Waals surface area contributed by atoms with Crippen LogP contribution in [0.1, 0.15) is 17.1 Å². The van der Waals surface area contributed by atoms with Crippen LogP contribution in [0.5, 0.6) is 0 Å². The molecule has 4 rings (SSSR count). The predicted molar refractivity (Wildman–Crippen MR) is 114 cm³/mol. The molecule has 2 aromatic heterocycles. The zero-order valence-corrected chi connectivity index (χ0v) is 16.8. The Kier molecular flexibility index (Phi) is 5.29. The maximum atomic E-state index is 5.61. The third-order valence-corrected chi connectivity index (χ3v) is 4.80. The summed E-state index contributed by atoms with van der Waals surface area (Å²) in [7, 11) is 3.76. The largest absolute Gasteiger partial charge is 0.444 e. The van der Waals surface area contributed by atoms with E-state index >= 15 is 0 Å². The number of aliphatic imine (C=N–C) groups is 1. The van der Waals surface area contributed by atoms with Crippen LogP contribution in [0.4, 0.5) is 0 Å². The molecule has 0 saturated heterocycles. The number of hydrogen-bond donors (Lipinski definition) is 2. The molecule has 0 atom stereocenters. The minimum absolute atomic E-state index is 0.511. The van der Waals surface area contributed by atoms with Crippen LogP contribution in [-0.4, -0.2) is 27.5 Å². The summed E-state index contributed by atoms with van der Waals surface area (Å²) in [5.74, 6) is 2.23. The highest BCUT2D eigenvalue weighted by molar-refractivity contribution is 5.80. The summed E-state index contributed by atoms with van der Waals surface area (Å²) >= 11 is 0. The van der Waals surface area contributed by atoms with Gasteiger partial charge in [-0.05, 0) is 31.2 Å². The van der Waals surface area contributed by atoms with E-state index in [1.807, 2.05) is 49.5 Å². The van der Waals surface area contributed by atoms with E-state index < -0.39 is 0 Å². The van der Waals surface area contributed by atoms with E-state index in [9.17, 15) is 0 Å². The summed E-state index contributed by atoms with van der Waals surface area (Å²) in [5, 5.41) is 6.56. The van der Waals surface area contributed by atoms with Gasteiger partial charge in [-0.3, -0.25) is 4.99 Å². The van der Waals surface area contributed by atoms with Gasteiger partial charge in [-0.1, -0.05) is 29.8 Å². The molecule has 2 N–H and O–H groups in total. The molecule has 29 heavy (non-hydrogen) atoms. The molecule has 2 aromatic carbocycles. The molecular weight excluding hydrogens is 364 g/mol. The van der Waals surface area contributed by atoms with Gasteiger partial charge in [-0.15, -0.1) is 0 Å². The van der Waals surface area contributed by atoms with Gasteiger partial charge in [0.25, 0.3) is 0 Å². The lowest BCUT2D eigenvalue weighted by atomic mass is 10.1. The van der Waals surface area contributed by atoms with E-state index in [0.717, 1.165) is 28.1 Å². The van der Waals surface area contributed by atoms with Crippen molar-refractivity contribution in [2.24, 2.45) is 12.0 Å². The number of oxazole rings is 1. The molecule has 0 aliphatic carbocycles. The summed E-state index contributed by atoms with van der Waals surface area (Å²) in [6.45, 7) is 3.14. The predicted octanol–water partition coefficient (Wildman–Crippen LogP) is 3.40. The molecule has 4 aromatic rings. The number of rotatable bonds is 5. The molecule has 2 heterocycles. The number of nitrogens with zero attached hydrogens (tertiary/aromatic N) is 4. The Balaban J connectivity index is 1.36. The number of aromatic nitrogens is 3. The molecule has 148 valence electrons. The Hall–Kier alpha value is -3.61. The summed E-state index contributed by atoms with van der Waals surface area (Å²) in [4.78, 5) is 13.5. The molecule has 0 aliphatic heterocycles. The number of aryl methyl sites for hydroxylation is 2. The zero-order valence-electron chi connectivity index (χ0n) is 16.8. The van der Waals surface area contributed by atoms with Crippen LogP contribution in [0.2, 0.25) is 0 Å². The Morgan fingerprint density at radius 1 is 1.03 bits per heavy atom. The van der Waals surface area contributed by atoms with E-state index in [0.29, 0.717) is 24.9 Å². The fourth-order valence-corrected chi connectivity index (χ4v) is 3.13. The van der Waals surface area contributed by atoms with E-state index in [2.05, 4.69) is 43.2 Å². The van der Waals surface area contributed by atoms with E-state index in [1.54, 1.807) is 13.3 Å². The Labute approximate surface area is 169 Å². The SMILES string of the molecule is CN=C(NCc1coc(-c2ccc(C)cc2)n1)NCc1nc2ccccc2n1C. The van der Waals surface area contributed by atoms with Gasteiger partial charge in [0, 0.05) is 19.7 Å². The fraction of sp³-hybridized carbons (Fsp3) is 0.227. The van der Waals surface area contributed by atoms with Gasteiger partial charge in [0.15, 0.2) is 5.96 Å². The normalized spacial score (nSPS) is 11.8. The van der Waals surface area contributed by atoms with E-state index in [1.165, 1.54) is 5.56 Å². The van der Waals surface area contributed by atoms with Crippen molar-refractivity contribution in [3.8, 4) is 11.5 Å². The van der Waals surface area contributed by atoms with Crippen molar-refractivity contribution in [3.63, 3.8) is 0 Å². The highest BCUT2D eigenvalue weighted by Gasteiger charge is 2.09. The monoisotopic (exact) mass is 388 g/mol.